The van der Waals surface area contributed by atoms with Crippen molar-refractivity contribution >= 4 is 12.1 Å². The molecule has 0 radical (unpaired) electrons. The summed E-state index contributed by atoms with van der Waals surface area (Å²) in [5, 5.41) is 9.04. The molecule has 0 aromatic rings. The van der Waals surface area contributed by atoms with Gasteiger partial charge in [-0.15, -0.1) is 0 Å². The average Bonchev–Trinajstić information content (AvgIpc) is 2.87. The lowest BCUT2D eigenvalue weighted by atomic mass is 9.99. The van der Waals surface area contributed by atoms with Crippen molar-refractivity contribution in [3.8, 4) is 0 Å². The quantitative estimate of drug-likeness (QED) is 0.768. The Hall–Kier alpha value is -1.26. The van der Waals surface area contributed by atoms with Crippen molar-refractivity contribution in [2.45, 2.75) is 31.8 Å². The van der Waals surface area contributed by atoms with Gasteiger partial charge in [0.25, 0.3) is 0 Å². The average molecular weight is 215 g/mol. The minimum Gasteiger partial charge on any atom is -0.478 e. The van der Waals surface area contributed by atoms with Crippen molar-refractivity contribution in [1.82, 2.24) is 4.90 Å². The van der Waals surface area contributed by atoms with E-state index in [1.807, 2.05) is 0 Å². The molecular formula is C10H17NO4. The number of amides is 1. The van der Waals surface area contributed by atoms with Crippen LogP contribution < -0.4 is 0 Å². The molecule has 0 aromatic heterocycles. The van der Waals surface area contributed by atoms with E-state index >= 15 is 0 Å². The Labute approximate surface area is 89.0 Å². The van der Waals surface area contributed by atoms with Crippen molar-refractivity contribution in [1.29, 1.82) is 0 Å². The van der Waals surface area contributed by atoms with Gasteiger partial charge < -0.3 is 14.7 Å². The zero-order valence-corrected chi connectivity index (χ0v) is 9.32. The highest BCUT2D eigenvalue weighted by atomic mass is 16.6. The van der Waals surface area contributed by atoms with Gasteiger partial charge in [0.15, 0.2) is 0 Å². The minimum absolute atomic E-state index is 0.390. The van der Waals surface area contributed by atoms with Gasteiger partial charge in [-0.2, -0.15) is 0 Å². The van der Waals surface area contributed by atoms with Crippen LogP contribution in [0.15, 0.2) is 0 Å². The summed E-state index contributed by atoms with van der Waals surface area (Å²) in [5.41, 5.74) is -1.39. The Balaban J connectivity index is 2.63. The second kappa shape index (κ2) is 4.08. The summed E-state index contributed by atoms with van der Waals surface area (Å²) >= 11 is 0. The molecular weight excluding hydrogens is 198 g/mol. The van der Waals surface area contributed by atoms with Gasteiger partial charge in [-0.05, 0) is 12.8 Å². The van der Waals surface area contributed by atoms with Gasteiger partial charge in [0, 0.05) is 20.5 Å². The number of ether oxygens (including phenoxy) is 1. The molecule has 0 heterocycles. The van der Waals surface area contributed by atoms with Crippen LogP contribution in [-0.4, -0.2) is 41.8 Å². The summed E-state index contributed by atoms with van der Waals surface area (Å²) in [6, 6.07) is 0. The summed E-state index contributed by atoms with van der Waals surface area (Å²) in [6.45, 7) is 1.45. The largest absolute Gasteiger partial charge is 0.478 e. The summed E-state index contributed by atoms with van der Waals surface area (Å²) in [5.74, 6) is -0.689. The molecule has 86 valence electrons. The van der Waals surface area contributed by atoms with E-state index in [-0.39, 0.29) is 0 Å². The van der Waals surface area contributed by atoms with Gasteiger partial charge in [-0.3, -0.25) is 0 Å². The van der Waals surface area contributed by atoms with Gasteiger partial charge in [-0.1, -0.05) is 12.8 Å². The molecule has 5 nitrogen and oxygen atoms in total. The number of rotatable bonds is 4. The monoisotopic (exact) mass is 215 g/mol. The maximum atomic E-state index is 11.3. The standard InChI is InChI=1S/C10H17NO4/c1-10(8(12)13,6-7-4-5-7)15-9(14)11(2)3/h7H,4-6H2,1-3H3,(H,12,13). The SMILES string of the molecule is CN(C)C(=O)OC(C)(CC1CC1)C(=O)O. The normalized spacial score (nSPS) is 19.1. The zero-order chi connectivity index (χ0) is 11.6. The van der Waals surface area contributed by atoms with Gasteiger partial charge in [0.05, 0.1) is 0 Å². The molecule has 1 atom stereocenters. The van der Waals surface area contributed by atoms with E-state index in [9.17, 15) is 9.59 Å². The van der Waals surface area contributed by atoms with Crippen molar-refractivity contribution in [3.05, 3.63) is 0 Å². The van der Waals surface area contributed by atoms with Crippen LogP contribution in [0, 0.1) is 5.92 Å². The van der Waals surface area contributed by atoms with Crippen molar-refractivity contribution in [2.24, 2.45) is 5.92 Å². The van der Waals surface area contributed by atoms with Crippen LogP contribution in [0.3, 0.4) is 0 Å². The Morgan fingerprint density at radius 3 is 2.33 bits per heavy atom. The first-order valence-corrected chi connectivity index (χ1v) is 4.99. The fourth-order valence-corrected chi connectivity index (χ4v) is 1.33. The predicted molar refractivity (Wildman–Crippen MR) is 53.5 cm³/mol. The third kappa shape index (κ3) is 3.11. The summed E-state index contributed by atoms with van der Waals surface area (Å²) in [6.07, 6.45) is 1.85. The number of carbonyl (C=O) groups excluding carboxylic acids is 1. The lowest BCUT2D eigenvalue weighted by Crippen LogP contribution is -2.43. The number of carboxylic acid groups (broad SMARTS) is 1. The smallest absolute Gasteiger partial charge is 0.410 e. The highest BCUT2D eigenvalue weighted by Crippen LogP contribution is 2.38. The van der Waals surface area contributed by atoms with Crippen LogP contribution in [0.4, 0.5) is 4.79 Å². The molecule has 1 N–H and O–H groups in total. The number of carbonyl (C=O) groups is 2. The molecule has 0 aromatic carbocycles. The van der Waals surface area contributed by atoms with E-state index in [0.717, 1.165) is 12.8 Å². The molecule has 1 saturated carbocycles. The molecule has 15 heavy (non-hydrogen) atoms. The Bertz CT molecular complexity index is 273. The fourth-order valence-electron chi connectivity index (χ4n) is 1.33. The van der Waals surface area contributed by atoms with Crippen molar-refractivity contribution in [2.75, 3.05) is 14.1 Å². The molecule has 1 amide bonds. The number of hydrogen-bond acceptors (Lipinski definition) is 3. The van der Waals surface area contributed by atoms with E-state index in [1.165, 1.54) is 25.9 Å². The Kier molecular flexibility index (Phi) is 3.21. The van der Waals surface area contributed by atoms with Gasteiger partial charge >= 0.3 is 12.1 Å². The Morgan fingerprint density at radius 2 is 2.00 bits per heavy atom. The topological polar surface area (TPSA) is 66.8 Å². The number of hydrogen-bond donors (Lipinski definition) is 1. The second-order valence-electron chi connectivity index (χ2n) is 4.45. The molecule has 0 saturated heterocycles. The van der Waals surface area contributed by atoms with Gasteiger partial charge in [0.2, 0.25) is 5.60 Å². The number of aliphatic carboxylic acids is 1. The third-order valence-corrected chi connectivity index (χ3v) is 2.51. The maximum Gasteiger partial charge on any atom is 0.410 e. The summed E-state index contributed by atoms with van der Waals surface area (Å²) in [4.78, 5) is 23.6. The van der Waals surface area contributed by atoms with Crippen molar-refractivity contribution < 1.29 is 19.4 Å². The molecule has 1 fully saturated rings. The fraction of sp³-hybridized carbons (Fsp3) is 0.800. The molecule has 1 aliphatic carbocycles. The van der Waals surface area contributed by atoms with Crippen LogP contribution in [-0.2, 0) is 9.53 Å². The Morgan fingerprint density at radius 1 is 1.47 bits per heavy atom. The molecule has 5 heteroatoms. The number of carboxylic acids is 1. The molecule has 0 spiro atoms. The van der Waals surface area contributed by atoms with Crippen LogP contribution in [0.5, 0.6) is 0 Å². The number of nitrogens with zero attached hydrogens (tertiary/aromatic N) is 1. The van der Waals surface area contributed by atoms with E-state index in [1.54, 1.807) is 0 Å². The predicted octanol–water partition coefficient (Wildman–Crippen LogP) is 1.33. The third-order valence-electron chi connectivity index (χ3n) is 2.51. The lowest BCUT2D eigenvalue weighted by molar-refractivity contribution is -0.158. The van der Waals surface area contributed by atoms with Crippen molar-refractivity contribution in [3.63, 3.8) is 0 Å². The van der Waals surface area contributed by atoms with E-state index in [2.05, 4.69) is 0 Å². The molecule has 0 aliphatic heterocycles. The van der Waals surface area contributed by atoms with Gasteiger partial charge in [0.1, 0.15) is 0 Å². The molecule has 0 bridgehead atoms. The maximum absolute atomic E-state index is 11.3. The van der Waals surface area contributed by atoms with E-state index < -0.39 is 17.7 Å². The van der Waals surface area contributed by atoms with E-state index in [0.29, 0.717) is 12.3 Å². The second-order valence-corrected chi connectivity index (χ2v) is 4.45. The van der Waals surface area contributed by atoms with Crippen LogP contribution in [0.2, 0.25) is 0 Å². The molecule has 1 rings (SSSR count). The summed E-state index contributed by atoms with van der Waals surface area (Å²) < 4.78 is 5.00. The first-order valence-electron chi connectivity index (χ1n) is 4.99. The van der Waals surface area contributed by atoms with Gasteiger partial charge in [-0.25, -0.2) is 9.59 Å². The lowest BCUT2D eigenvalue weighted by Gasteiger charge is -2.26. The molecule has 1 aliphatic rings. The highest BCUT2D eigenvalue weighted by Gasteiger charge is 2.42. The highest BCUT2D eigenvalue weighted by molar-refractivity contribution is 5.81. The summed E-state index contributed by atoms with van der Waals surface area (Å²) in [7, 11) is 3.06. The first kappa shape index (κ1) is 11.8. The minimum atomic E-state index is -1.39. The first-order chi connectivity index (χ1) is 6.85. The molecule has 1 unspecified atom stereocenters. The van der Waals surface area contributed by atoms with Crippen LogP contribution in [0.1, 0.15) is 26.2 Å². The van der Waals surface area contributed by atoms with Crippen LogP contribution >= 0.6 is 0 Å². The zero-order valence-electron chi connectivity index (χ0n) is 9.32. The van der Waals surface area contributed by atoms with E-state index in [4.69, 9.17) is 9.84 Å². The van der Waals surface area contributed by atoms with Crippen LogP contribution in [0.25, 0.3) is 0 Å².